The second-order valence-electron chi connectivity index (χ2n) is 3.12. The smallest absolute Gasteiger partial charge is 0.188 e. The van der Waals surface area contributed by atoms with E-state index in [1.165, 1.54) is 6.07 Å². The lowest BCUT2D eigenvalue weighted by Gasteiger charge is -2.05. The zero-order valence-corrected chi connectivity index (χ0v) is 7.74. The molecule has 0 saturated heterocycles. The monoisotopic (exact) mass is 206 g/mol. The third-order valence-electron chi connectivity index (χ3n) is 2.15. The van der Waals surface area contributed by atoms with E-state index >= 15 is 0 Å². The second-order valence-corrected chi connectivity index (χ2v) is 3.12. The van der Waals surface area contributed by atoms with Gasteiger partial charge in [-0.05, 0) is 17.7 Å². The van der Waals surface area contributed by atoms with Crippen molar-refractivity contribution in [1.82, 2.24) is 0 Å². The Bertz CT molecular complexity index is 480. The van der Waals surface area contributed by atoms with Crippen LogP contribution in [0.1, 0.15) is 0 Å². The van der Waals surface area contributed by atoms with E-state index in [1.54, 1.807) is 30.3 Å². The molecule has 0 saturated carbocycles. The van der Waals surface area contributed by atoms with Crippen molar-refractivity contribution in [2.45, 2.75) is 0 Å². The maximum Gasteiger partial charge on any atom is 0.188 e. The molecule has 0 aliphatic heterocycles. The van der Waals surface area contributed by atoms with Gasteiger partial charge in [0.05, 0.1) is 0 Å². The van der Waals surface area contributed by atoms with Gasteiger partial charge in [-0.25, -0.2) is 8.78 Å². The summed E-state index contributed by atoms with van der Waals surface area (Å²) >= 11 is 0. The molecule has 0 heterocycles. The molecule has 0 atom stereocenters. The lowest BCUT2D eigenvalue weighted by Crippen LogP contribution is -1.87. The molecule has 0 unspecified atom stereocenters. The van der Waals surface area contributed by atoms with Crippen LogP contribution in [0.3, 0.4) is 0 Å². The molecule has 76 valence electrons. The fraction of sp³-hybridized carbons (Fsp3) is 0. The highest BCUT2D eigenvalue weighted by molar-refractivity contribution is 5.65. The van der Waals surface area contributed by atoms with Crippen LogP contribution in [0.25, 0.3) is 11.1 Å². The fourth-order valence-corrected chi connectivity index (χ4v) is 1.38. The number of phenols is 1. The summed E-state index contributed by atoms with van der Waals surface area (Å²) in [6.07, 6.45) is 0. The molecule has 3 heteroatoms. The van der Waals surface area contributed by atoms with Gasteiger partial charge in [0.2, 0.25) is 0 Å². The molecule has 0 aromatic heterocycles. The number of hydrogen-bond donors (Lipinski definition) is 1. The van der Waals surface area contributed by atoms with E-state index in [1.807, 2.05) is 0 Å². The molecule has 0 aliphatic rings. The van der Waals surface area contributed by atoms with Gasteiger partial charge in [-0.3, -0.25) is 0 Å². The average molecular weight is 206 g/mol. The lowest BCUT2D eigenvalue weighted by molar-refractivity contribution is 0.397. The van der Waals surface area contributed by atoms with E-state index in [0.29, 0.717) is 5.56 Å². The van der Waals surface area contributed by atoms with E-state index in [9.17, 15) is 8.78 Å². The zero-order chi connectivity index (χ0) is 10.8. The summed E-state index contributed by atoms with van der Waals surface area (Å²) in [6.45, 7) is 0. The van der Waals surface area contributed by atoms with Crippen LogP contribution in [-0.2, 0) is 0 Å². The van der Waals surface area contributed by atoms with E-state index in [2.05, 4.69) is 0 Å². The highest BCUT2D eigenvalue weighted by Gasteiger charge is 2.13. The molecule has 15 heavy (non-hydrogen) atoms. The Labute approximate surface area is 85.6 Å². The van der Waals surface area contributed by atoms with Crippen molar-refractivity contribution in [2.24, 2.45) is 0 Å². The quantitative estimate of drug-likeness (QED) is 0.758. The minimum absolute atomic E-state index is 0.189. The summed E-state index contributed by atoms with van der Waals surface area (Å²) in [5.74, 6) is -2.82. The predicted octanol–water partition coefficient (Wildman–Crippen LogP) is 3.34. The molecule has 1 N–H and O–H groups in total. The van der Waals surface area contributed by atoms with Gasteiger partial charge in [0, 0.05) is 5.56 Å². The first kappa shape index (κ1) is 9.65. The summed E-state index contributed by atoms with van der Waals surface area (Å²) in [5.41, 5.74) is 0.791. The number of hydrogen-bond acceptors (Lipinski definition) is 1. The lowest BCUT2D eigenvalue weighted by atomic mass is 10.0. The van der Waals surface area contributed by atoms with Crippen molar-refractivity contribution in [1.29, 1.82) is 0 Å². The highest BCUT2D eigenvalue weighted by Crippen LogP contribution is 2.30. The Balaban J connectivity index is 2.60. The van der Waals surface area contributed by atoms with Crippen molar-refractivity contribution in [2.75, 3.05) is 0 Å². The molecule has 0 spiro atoms. The van der Waals surface area contributed by atoms with Crippen LogP contribution in [0.2, 0.25) is 0 Å². The topological polar surface area (TPSA) is 20.2 Å². The molecule has 2 rings (SSSR count). The van der Waals surface area contributed by atoms with Gasteiger partial charge in [-0.1, -0.05) is 30.3 Å². The Morgan fingerprint density at radius 1 is 0.867 bits per heavy atom. The first-order valence-electron chi connectivity index (χ1n) is 4.42. The van der Waals surface area contributed by atoms with Crippen LogP contribution in [0.5, 0.6) is 5.75 Å². The van der Waals surface area contributed by atoms with Gasteiger partial charge < -0.3 is 5.11 Å². The van der Waals surface area contributed by atoms with E-state index < -0.39 is 17.4 Å². The summed E-state index contributed by atoms with van der Waals surface area (Å²) in [6, 6.07) is 11.0. The first-order valence-corrected chi connectivity index (χ1v) is 4.42. The minimum atomic E-state index is -0.952. The highest BCUT2D eigenvalue weighted by atomic mass is 19.1. The molecule has 0 bridgehead atoms. The van der Waals surface area contributed by atoms with Gasteiger partial charge in [0.1, 0.15) is 0 Å². The van der Waals surface area contributed by atoms with Crippen LogP contribution in [0.4, 0.5) is 8.78 Å². The van der Waals surface area contributed by atoms with Gasteiger partial charge in [-0.15, -0.1) is 0 Å². The van der Waals surface area contributed by atoms with Crippen LogP contribution in [0, 0.1) is 11.6 Å². The van der Waals surface area contributed by atoms with Gasteiger partial charge in [0.15, 0.2) is 17.4 Å². The van der Waals surface area contributed by atoms with Crippen LogP contribution in [0.15, 0.2) is 42.5 Å². The van der Waals surface area contributed by atoms with E-state index in [-0.39, 0.29) is 5.56 Å². The van der Waals surface area contributed by atoms with Crippen LogP contribution >= 0.6 is 0 Å². The molecule has 0 radical (unpaired) electrons. The van der Waals surface area contributed by atoms with Crippen molar-refractivity contribution >= 4 is 0 Å². The Morgan fingerprint density at radius 2 is 1.53 bits per heavy atom. The Morgan fingerprint density at radius 3 is 2.20 bits per heavy atom. The molecule has 0 aliphatic carbocycles. The number of benzene rings is 2. The van der Waals surface area contributed by atoms with Crippen molar-refractivity contribution in [3.63, 3.8) is 0 Å². The number of rotatable bonds is 1. The van der Waals surface area contributed by atoms with Gasteiger partial charge >= 0.3 is 0 Å². The Hall–Kier alpha value is -1.90. The van der Waals surface area contributed by atoms with Crippen LogP contribution in [-0.4, -0.2) is 5.11 Å². The molecule has 2 aromatic carbocycles. The van der Waals surface area contributed by atoms with Gasteiger partial charge in [0.25, 0.3) is 0 Å². The third-order valence-corrected chi connectivity index (χ3v) is 2.15. The summed E-state index contributed by atoms with van der Waals surface area (Å²) in [5, 5.41) is 9.10. The normalized spacial score (nSPS) is 10.3. The number of phenolic OH excluding ortho intramolecular Hbond substituents is 1. The number of halogens is 2. The standard InChI is InChI=1S/C12H8F2O/c13-10-7-6-9(11(14)12(10)15)8-4-2-1-3-5-8/h1-7,15H. The SMILES string of the molecule is Oc1c(F)ccc(-c2ccccc2)c1F. The van der Waals surface area contributed by atoms with E-state index in [0.717, 1.165) is 6.07 Å². The van der Waals surface area contributed by atoms with Crippen molar-refractivity contribution < 1.29 is 13.9 Å². The van der Waals surface area contributed by atoms with Crippen molar-refractivity contribution in [3.05, 3.63) is 54.1 Å². The first-order chi connectivity index (χ1) is 7.20. The third kappa shape index (κ3) is 1.68. The fourth-order valence-electron chi connectivity index (χ4n) is 1.38. The van der Waals surface area contributed by atoms with Crippen LogP contribution < -0.4 is 0 Å². The van der Waals surface area contributed by atoms with E-state index in [4.69, 9.17) is 5.11 Å². The summed E-state index contributed by atoms with van der Waals surface area (Å²) < 4.78 is 26.2. The van der Waals surface area contributed by atoms with Crippen molar-refractivity contribution in [3.8, 4) is 16.9 Å². The Kier molecular flexibility index (Phi) is 2.37. The zero-order valence-electron chi connectivity index (χ0n) is 7.74. The average Bonchev–Trinajstić information content (AvgIpc) is 2.27. The molecular weight excluding hydrogens is 198 g/mol. The molecule has 2 aromatic rings. The van der Waals surface area contributed by atoms with Gasteiger partial charge in [-0.2, -0.15) is 0 Å². The maximum absolute atomic E-state index is 13.5. The molecular formula is C12H8F2O. The molecule has 0 fully saturated rings. The molecule has 0 amide bonds. The summed E-state index contributed by atoms with van der Waals surface area (Å²) in [4.78, 5) is 0. The second kappa shape index (κ2) is 3.69. The summed E-state index contributed by atoms with van der Waals surface area (Å²) in [7, 11) is 0. The maximum atomic E-state index is 13.5. The predicted molar refractivity (Wildman–Crippen MR) is 53.5 cm³/mol. The molecule has 1 nitrogen and oxygen atoms in total. The number of aromatic hydroxyl groups is 1. The minimum Gasteiger partial charge on any atom is -0.503 e. The largest absolute Gasteiger partial charge is 0.503 e.